The molecule has 0 fully saturated rings. The molecule has 0 aliphatic carbocycles. The minimum absolute atomic E-state index is 0.283. The first kappa shape index (κ1) is 15.6. The average molecular weight is 332 g/mol. The van der Waals surface area contributed by atoms with Crippen molar-refractivity contribution in [3.8, 4) is 0 Å². The van der Waals surface area contributed by atoms with Gasteiger partial charge in [0.15, 0.2) is 5.78 Å². The predicted octanol–water partition coefficient (Wildman–Crippen LogP) is 5.75. The maximum atomic E-state index is 12.2. The van der Waals surface area contributed by atoms with Crippen molar-refractivity contribution in [2.45, 2.75) is 43.3 Å². The number of unbranched alkanes of at least 4 members (excludes halogenated alkanes) is 1. The van der Waals surface area contributed by atoms with Crippen molar-refractivity contribution in [1.29, 1.82) is 0 Å². The molecule has 0 spiro atoms. The fourth-order valence-corrected chi connectivity index (χ4v) is 4.79. The number of ketones is 1. The van der Waals surface area contributed by atoms with E-state index < -0.39 is 0 Å². The molecule has 1 aliphatic heterocycles. The molecule has 0 radical (unpaired) electrons. The van der Waals surface area contributed by atoms with Crippen molar-refractivity contribution in [3.05, 3.63) is 41.3 Å². The molecule has 4 heteroatoms. The summed E-state index contributed by atoms with van der Waals surface area (Å²) in [6.07, 6.45) is 2.71. The molecule has 116 valence electrons. The number of rotatable bonds is 5. The van der Waals surface area contributed by atoms with Crippen LogP contribution in [0.25, 0.3) is 0 Å². The third-order valence-corrected chi connectivity index (χ3v) is 6.11. The predicted molar refractivity (Wildman–Crippen MR) is 96.9 cm³/mol. The normalized spacial score (nSPS) is 17.4. The number of hydrogen-bond acceptors (Lipinski definition) is 4. The van der Waals surface area contributed by atoms with Gasteiger partial charge in [-0.1, -0.05) is 32.4 Å². The molecule has 2 heterocycles. The van der Waals surface area contributed by atoms with Gasteiger partial charge < -0.3 is 4.90 Å². The highest BCUT2D eigenvalue weighted by Gasteiger charge is 2.24. The van der Waals surface area contributed by atoms with Gasteiger partial charge in [0.1, 0.15) is 0 Å². The van der Waals surface area contributed by atoms with Gasteiger partial charge in [0.2, 0.25) is 0 Å². The summed E-state index contributed by atoms with van der Waals surface area (Å²) in [6.45, 7) is 5.37. The van der Waals surface area contributed by atoms with Gasteiger partial charge in [0, 0.05) is 23.1 Å². The molecule has 3 rings (SSSR count). The van der Waals surface area contributed by atoms with E-state index in [4.69, 9.17) is 0 Å². The number of fused-ring (bicyclic) bond motifs is 1. The molecule has 0 bridgehead atoms. The number of Topliss-reactive ketones (excluding diaryl/α,β-unsaturated/α-hetero) is 1. The summed E-state index contributed by atoms with van der Waals surface area (Å²) >= 11 is 3.56. The van der Waals surface area contributed by atoms with E-state index in [9.17, 15) is 4.79 Å². The zero-order chi connectivity index (χ0) is 15.5. The van der Waals surface area contributed by atoms with Gasteiger partial charge in [-0.15, -0.1) is 23.1 Å². The molecule has 0 N–H and O–H groups in total. The van der Waals surface area contributed by atoms with Crippen molar-refractivity contribution in [2.24, 2.45) is 0 Å². The fourth-order valence-electron chi connectivity index (χ4n) is 2.68. The fraction of sp³-hybridized carbons (Fsp3) is 0.389. The van der Waals surface area contributed by atoms with Gasteiger partial charge in [-0.3, -0.25) is 4.79 Å². The van der Waals surface area contributed by atoms with Crippen LogP contribution in [-0.2, 0) is 0 Å². The lowest BCUT2D eigenvalue weighted by atomic mass is 10.1. The molecular formula is C18H21NOS2. The van der Waals surface area contributed by atoms with Crippen LogP contribution in [0.3, 0.4) is 0 Å². The number of thioether (sulfide) groups is 1. The number of hydrogen-bond donors (Lipinski definition) is 0. The van der Waals surface area contributed by atoms with E-state index in [1.807, 2.05) is 17.8 Å². The lowest BCUT2D eigenvalue weighted by molar-refractivity contribution is 0.0983. The minimum atomic E-state index is 0.283. The summed E-state index contributed by atoms with van der Waals surface area (Å²) in [5, 5.41) is 1.73. The monoisotopic (exact) mass is 331 g/mol. The van der Waals surface area contributed by atoms with Crippen LogP contribution >= 0.6 is 23.1 Å². The summed E-state index contributed by atoms with van der Waals surface area (Å²) in [5.74, 6) is 0.283. The number of para-hydroxylation sites is 1. The SMILES string of the molecule is CCCCC(=O)c1ccc(N2CC(C)Sc3ccccc32)s1. The molecule has 1 aliphatic rings. The Balaban J connectivity index is 1.86. The first-order valence-electron chi connectivity index (χ1n) is 7.85. The van der Waals surface area contributed by atoms with E-state index in [0.717, 1.165) is 24.3 Å². The van der Waals surface area contributed by atoms with E-state index in [1.165, 1.54) is 15.6 Å². The van der Waals surface area contributed by atoms with Crippen molar-refractivity contribution in [2.75, 3.05) is 11.4 Å². The second-order valence-corrected chi connectivity index (χ2v) is 8.21. The molecule has 1 unspecified atom stereocenters. The highest BCUT2D eigenvalue weighted by atomic mass is 32.2. The summed E-state index contributed by atoms with van der Waals surface area (Å²) in [5.41, 5.74) is 1.26. The molecule has 2 nitrogen and oxygen atoms in total. The van der Waals surface area contributed by atoms with Gasteiger partial charge in [-0.2, -0.15) is 0 Å². The summed E-state index contributed by atoms with van der Waals surface area (Å²) in [4.78, 5) is 16.8. The Labute approximate surface area is 140 Å². The summed E-state index contributed by atoms with van der Waals surface area (Å²) < 4.78 is 0. The second-order valence-electron chi connectivity index (χ2n) is 5.67. The molecular weight excluding hydrogens is 310 g/mol. The van der Waals surface area contributed by atoms with Crippen molar-refractivity contribution >= 4 is 39.6 Å². The van der Waals surface area contributed by atoms with Crippen LogP contribution in [0.1, 0.15) is 42.8 Å². The van der Waals surface area contributed by atoms with E-state index in [1.54, 1.807) is 11.3 Å². The molecule has 1 atom stereocenters. The van der Waals surface area contributed by atoms with Crippen molar-refractivity contribution < 1.29 is 4.79 Å². The Bertz CT molecular complexity index is 665. The lowest BCUT2D eigenvalue weighted by Crippen LogP contribution is -2.28. The topological polar surface area (TPSA) is 20.3 Å². The molecule has 0 amide bonds. The Morgan fingerprint density at radius 2 is 2.09 bits per heavy atom. The minimum Gasteiger partial charge on any atom is -0.331 e. The largest absolute Gasteiger partial charge is 0.331 e. The van der Waals surface area contributed by atoms with Gasteiger partial charge in [-0.25, -0.2) is 0 Å². The Kier molecular flexibility index (Phi) is 4.89. The first-order chi connectivity index (χ1) is 10.7. The number of anilines is 2. The average Bonchev–Trinajstić information content (AvgIpc) is 3.01. The van der Waals surface area contributed by atoms with Crippen LogP contribution in [0.4, 0.5) is 10.7 Å². The van der Waals surface area contributed by atoms with Gasteiger partial charge in [-0.05, 0) is 30.7 Å². The van der Waals surface area contributed by atoms with Crippen LogP contribution < -0.4 is 4.90 Å². The second kappa shape index (κ2) is 6.88. The Morgan fingerprint density at radius 3 is 2.91 bits per heavy atom. The molecule has 2 aromatic rings. The smallest absolute Gasteiger partial charge is 0.172 e. The van der Waals surface area contributed by atoms with Gasteiger partial charge in [0.25, 0.3) is 0 Å². The Hall–Kier alpha value is -1.26. The van der Waals surface area contributed by atoms with Crippen LogP contribution in [0.2, 0.25) is 0 Å². The molecule has 22 heavy (non-hydrogen) atoms. The number of carbonyl (C=O) groups excluding carboxylic acids is 1. The van der Waals surface area contributed by atoms with Crippen LogP contribution in [0.5, 0.6) is 0 Å². The van der Waals surface area contributed by atoms with E-state index >= 15 is 0 Å². The molecule has 0 saturated carbocycles. The lowest BCUT2D eigenvalue weighted by Gasteiger charge is -2.33. The maximum Gasteiger partial charge on any atom is 0.172 e. The van der Waals surface area contributed by atoms with Gasteiger partial charge in [0.05, 0.1) is 15.6 Å². The molecule has 1 aromatic carbocycles. The quantitative estimate of drug-likeness (QED) is 0.650. The third kappa shape index (κ3) is 3.23. The van der Waals surface area contributed by atoms with Crippen molar-refractivity contribution in [1.82, 2.24) is 0 Å². The highest BCUT2D eigenvalue weighted by Crippen LogP contribution is 2.43. The molecule has 1 aromatic heterocycles. The third-order valence-electron chi connectivity index (χ3n) is 3.81. The summed E-state index contributed by atoms with van der Waals surface area (Å²) in [6, 6.07) is 12.6. The zero-order valence-corrected chi connectivity index (χ0v) is 14.7. The van der Waals surface area contributed by atoms with E-state index in [-0.39, 0.29) is 5.78 Å². The standard InChI is InChI=1S/C18H21NOS2/c1-3-4-8-15(20)17-10-11-18(22-17)19-12-13(2)21-16-9-6-5-7-14(16)19/h5-7,9-11,13H,3-4,8,12H2,1-2H3. The first-order valence-corrected chi connectivity index (χ1v) is 9.55. The number of carbonyl (C=O) groups is 1. The van der Waals surface area contributed by atoms with E-state index in [0.29, 0.717) is 11.7 Å². The van der Waals surface area contributed by atoms with Crippen molar-refractivity contribution in [3.63, 3.8) is 0 Å². The van der Waals surface area contributed by atoms with E-state index in [2.05, 4.69) is 49.1 Å². The van der Waals surface area contributed by atoms with Crippen LogP contribution in [0.15, 0.2) is 41.3 Å². The molecule has 0 saturated heterocycles. The summed E-state index contributed by atoms with van der Waals surface area (Å²) in [7, 11) is 0. The van der Waals surface area contributed by atoms with Gasteiger partial charge >= 0.3 is 0 Å². The number of thiophene rings is 1. The zero-order valence-electron chi connectivity index (χ0n) is 13.0. The highest BCUT2D eigenvalue weighted by molar-refractivity contribution is 8.00. The number of benzene rings is 1. The number of nitrogens with zero attached hydrogens (tertiary/aromatic N) is 1. The maximum absolute atomic E-state index is 12.2. The van der Waals surface area contributed by atoms with Crippen LogP contribution in [0, 0.1) is 0 Å². The van der Waals surface area contributed by atoms with Crippen LogP contribution in [-0.4, -0.2) is 17.6 Å². The Morgan fingerprint density at radius 1 is 1.27 bits per heavy atom.